The highest BCUT2D eigenvalue weighted by atomic mass is 32.2. The summed E-state index contributed by atoms with van der Waals surface area (Å²) in [6, 6.07) is 14.1. The fraction of sp³-hybridized carbons (Fsp3) is 0.350. The molecule has 1 saturated carbocycles. The molecule has 1 aliphatic carbocycles. The van der Waals surface area contributed by atoms with Gasteiger partial charge in [0.1, 0.15) is 0 Å². The third-order valence-corrected chi connectivity index (χ3v) is 5.75. The van der Waals surface area contributed by atoms with Crippen molar-refractivity contribution in [3.8, 4) is 0 Å². The van der Waals surface area contributed by atoms with E-state index in [1.54, 1.807) is 18.0 Å². The van der Waals surface area contributed by atoms with Crippen molar-refractivity contribution in [3.05, 3.63) is 54.2 Å². The average molecular weight is 367 g/mol. The molecule has 2 fully saturated rings. The molecule has 6 heteroatoms. The number of benzene rings is 1. The summed E-state index contributed by atoms with van der Waals surface area (Å²) in [4.78, 5) is 30.8. The zero-order valence-corrected chi connectivity index (χ0v) is 15.2. The minimum Gasteiger partial charge on any atom is -0.339 e. The highest BCUT2D eigenvalue weighted by Crippen LogP contribution is 2.33. The zero-order chi connectivity index (χ0) is 17.9. The molecule has 1 atom stereocenters. The Balaban J connectivity index is 1.34. The van der Waals surface area contributed by atoms with Crippen LogP contribution in [0.15, 0.2) is 53.7 Å². The van der Waals surface area contributed by atoms with E-state index in [-0.39, 0.29) is 17.7 Å². The lowest BCUT2D eigenvalue weighted by atomic mass is 10.1. The molecule has 1 aromatic carbocycles. The SMILES string of the molecule is O=C(Nc1cccc(CSc2ccccn2)c1)[C@@H]1CC(=O)N(C2CC2)C1. The molecule has 1 aliphatic heterocycles. The minimum absolute atomic E-state index is 0.0592. The number of hydrogen-bond acceptors (Lipinski definition) is 4. The fourth-order valence-electron chi connectivity index (χ4n) is 3.22. The van der Waals surface area contributed by atoms with Gasteiger partial charge in [-0.15, -0.1) is 11.8 Å². The van der Waals surface area contributed by atoms with E-state index in [1.807, 2.05) is 47.4 Å². The smallest absolute Gasteiger partial charge is 0.229 e. The van der Waals surface area contributed by atoms with Crippen molar-refractivity contribution in [2.24, 2.45) is 5.92 Å². The summed E-state index contributed by atoms with van der Waals surface area (Å²) < 4.78 is 0. The molecule has 2 aromatic rings. The van der Waals surface area contributed by atoms with Gasteiger partial charge in [-0.2, -0.15) is 0 Å². The van der Waals surface area contributed by atoms with E-state index in [0.29, 0.717) is 19.0 Å². The predicted molar refractivity (Wildman–Crippen MR) is 102 cm³/mol. The van der Waals surface area contributed by atoms with Crippen molar-refractivity contribution in [1.29, 1.82) is 0 Å². The van der Waals surface area contributed by atoms with E-state index in [4.69, 9.17) is 0 Å². The Hall–Kier alpha value is -2.34. The molecule has 0 radical (unpaired) electrons. The highest BCUT2D eigenvalue weighted by molar-refractivity contribution is 7.98. The Morgan fingerprint density at radius 1 is 1.23 bits per heavy atom. The van der Waals surface area contributed by atoms with Crippen LogP contribution in [0.4, 0.5) is 5.69 Å². The van der Waals surface area contributed by atoms with Gasteiger partial charge in [0.05, 0.1) is 10.9 Å². The number of anilines is 1. The molecule has 1 aromatic heterocycles. The lowest BCUT2D eigenvalue weighted by Gasteiger charge is -2.15. The van der Waals surface area contributed by atoms with Crippen molar-refractivity contribution in [3.63, 3.8) is 0 Å². The van der Waals surface area contributed by atoms with Gasteiger partial charge in [-0.05, 0) is 42.7 Å². The number of aromatic nitrogens is 1. The maximum atomic E-state index is 12.5. The van der Waals surface area contributed by atoms with Crippen molar-refractivity contribution >= 4 is 29.3 Å². The Morgan fingerprint density at radius 2 is 2.12 bits per heavy atom. The molecule has 0 unspecified atom stereocenters. The largest absolute Gasteiger partial charge is 0.339 e. The first-order chi connectivity index (χ1) is 12.7. The van der Waals surface area contributed by atoms with E-state index in [0.717, 1.165) is 34.9 Å². The van der Waals surface area contributed by atoms with Crippen molar-refractivity contribution in [2.75, 3.05) is 11.9 Å². The summed E-state index contributed by atoms with van der Waals surface area (Å²) >= 11 is 1.66. The highest BCUT2D eigenvalue weighted by Gasteiger charge is 2.41. The van der Waals surface area contributed by atoms with Crippen molar-refractivity contribution in [1.82, 2.24) is 9.88 Å². The molecule has 2 amide bonds. The van der Waals surface area contributed by atoms with Gasteiger partial charge in [0.15, 0.2) is 0 Å². The van der Waals surface area contributed by atoms with Crippen LogP contribution in [0.25, 0.3) is 0 Å². The van der Waals surface area contributed by atoms with Crippen LogP contribution in [0, 0.1) is 5.92 Å². The Labute approximate surface area is 157 Å². The first-order valence-corrected chi connectivity index (χ1v) is 9.91. The number of thioether (sulfide) groups is 1. The maximum Gasteiger partial charge on any atom is 0.229 e. The topological polar surface area (TPSA) is 62.3 Å². The van der Waals surface area contributed by atoms with Crippen LogP contribution in [0.2, 0.25) is 0 Å². The normalized spacial score (nSPS) is 19.6. The predicted octanol–water partition coefficient (Wildman–Crippen LogP) is 3.32. The second-order valence-corrected chi connectivity index (χ2v) is 7.82. The van der Waals surface area contributed by atoms with E-state index in [1.165, 1.54) is 0 Å². The Bertz CT molecular complexity index is 808. The number of rotatable bonds is 6. The summed E-state index contributed by atoms with van der Waals surface area (Å²) in [7, 11) is 0. The van der Waals surface area contributed by atoms with Gasteiger partial charge in [-0.3, -0.25) is 9.59 Å². The van der Waals surface area contributed by atoms with Crippen LogP contribution in [0.1, 0.15) is 24.8 Å². The van der Waals surface area contributed by atoms with Gasteiger partial charge >= 0.3 is 0 Å². The van der Waals surface area contributed by atoms with Crippen LogP contribution in [0.3, 0.4) is 0 Å². The number of nitrogens with one attached hydrogen (secondary N) is 1. The fourth-order valence-corrected chi connectivity index (χ4v) is 4.02. The molecule has 1 N–H and O–H groups in total. The number of pyridine rings is 1. The lowest BCUT2D eigenvalue weighted by molar-refractivity contribution is -0.128. The molecule has 0 spiro atoms. The van der Waals surface area contributed by atoms with E-state index >= 15 is 0 Å². The quantitative estimate of drug-likeness (QED) is 0.796. The number of hydrogen-bond donors (Lipinski definition) is 1. The Kier molecular flexibility index (Phi) is 4.93. The molecule has 26 heavy (non-hydrogen) atoms. The van der Waals surface area contributed by atoms with Crippen molar-refractivity contribution in [2.45, 2.75) is 36.1 Å². The molecule has 2 heterocycles. The zero-order valence-electron chi connectivity index (χ0n) is 14.4. The van der Waals surface area contributed by atoms with E-state index < -0.39 is 0 Å². The van der Waals surface area contributed by atoms with Gasteiger partial charge in [-0.1, -0.05) is 18.2 Å². The maximum absolute atomic E-state index is 12.5. The number of nitrogens with zero attached hydrogens (tertiary/aromatic N) is 2. The second-order valence-electron chi connectivity index (χ2n) is 6.82. The summed E-state index contributed by atoms with van der Waals surface area (Å²) in [5.41, 5.74) is 1.91. The monoisotopic (exact) mass is 367 g/mol. The van der Waals surface area contributed by atoms with Crippen LogP contribution < -0.4 is 5.32 Å². The standard InChI is InChI=1S/C20H21N3O2S/c24-19-11-15(12-23(19)17-7-8-17)20(25)22-16-5-3-4-14(10-16)13-26-18-6-1-2-9-21-18/h1-6,9-10,15,17H,7-8,11-13H2,(H,22,25)/t15-/m1/s1. The first-order valence-electron chi connectivity index (χ1n) is 8.92. The van der Waals surface area contributed by atoms with Gasteiger partial charge in [0.25, 0.3) is 0 Å². The summed E-state index contributed by atoms with van der Waals surface area (Å²) in [5.74, 6) is 0.608. The van der Waals surface area contributed by atoms with Crippen molar-refractivity contribution < 1.29 is 9.59 Å². The van der Waals surface area contributed by atoms with Crippen LogP contribution >= 0.6 is 11.8 Å². The molecule has 4 rings (SSSR count). The number of carbonyl (C=O) groups is 2. The number of carbonyl (C=O) groups excluding carboxylic acids is 2. The lowest BCUT2D eigenvalue weighted by Crippen LogP contribution is -2.29. The molecular formula is C20H21N3O2S. The number of likely N-dealkylation sites (tertiary alicyclic amines) is 1. The van der Waals surface area contributed by atoms with Crippen LogP contribution in [-0.2, 0) is 15.3 Å². The average Bonchev–Trinajstić information content (AvgIpc) is 3.43. The van der Waals surface area contributed by atoms with Crippen LogP contribution in [0.5, 0.6) is 0 Å². The Morgan fingerprint density at radius 3 is 2.88 bits per heavy atom. The summed E-state index contributed by atoms with van der Waals surface area (Å²) in [6.07, 6.45) is 4.27. The van der Waals surface area contributed by atoms with Crippen LogP contribution in [-0.4, -0.2) is 34.3 Å². The summed E-state index contributed by atoms with van der Waals surface area (Å²) in [5, 5.41) is 3.96. The third-order valence-electron chi connectivity index (χ3n) is 4.74. The van der Waals surface area contributed by atoms with Gasteiger partial charge < -0.3 is 10.2 Å². The minimum atomic E-state index is -0.241. The van der Waals surface area contributed by atoms with E-state index in [9.17, 15) is 9.59 Å². The third kappa shape index (κ3) is 4.07. The first kappa shape index (κ1) is 17.1. The molecule has 1 saturated heterocycles. The molecule has 0 bridgehead atoms. The molecule has 134 valence electrons. The molecule has 2 aliphatic rings. The molecular weight excluding hydrogens is 346 g/mol. The molecule has 5 nitrogen and oxygen atoms in total. The summed E-state index contributed by atoms with van der Waals surface area (Å²) in [6.45, 7) is 0.560. The number of amides is 2. The van der Waals surface area contributed by atoms with E-state index in [2.05, 4.69) is 10.3 Å². The van der Waals surface area contributed by atoms with Gasteiger partial charge in [0.2, 0.25) is 11.8 Å². The van der Waals surface area contributed by atoms with Gasteiger partial charge in [-0.25, -0.2) is 4.98 Å². The second kappa shape index (κ2) is 7.50. The van der Waals surface area contributed by atoms with Gasteiger partial charge in [0, 0.05) is 36.6 Å².